The fraction of sp³-hybridized carbons (Fsp3) is 0.714. The summed E-state index contributed by atoms with van der Waals surface area (Å²) in [7, 11) is -4.01. The minimum absolute atomic E-state index is 0.0808. The van der Waals surface area contributed by atoms with Crippen molar-refractivity contribution >= 4 is 15.9 Å². The highest BCUT2D eigenvalue weighted by Crippen LogP contribution is 2.19. The third-order valence-corrected chi connectivity index (χ3v) is 5.40. The Hall–Kier alpha value is -1.45. The molecule has 8 nitrogen and oxygen atoms in total. The Labute approximate surface area is 136 Å². The van der Waals surface area contributed by atoms with Crippen LogP contribution in [0.25, 0.3) is 0 Å². The molecule has 1 fully saturated rings. The minimum Gasteiger partial charge on any atom is -0.378 e. The van der Waals surface area contributed by atoms with Gasteiger partial charge in [0.05, 0.1) is 13.2 Å². The van der Waals surface area contributed by atoms with Gasteiger partial charge in [-0.05, 0) is 26.8 Å². The van der Waals surface area contributed by atoms with E-state index in [1.165, 1.54) is 13.8 Å². The molecular formula is C14H23N3O5S. The summed E-state index contributed by atoms with van der Waals surface area (Å²) in [5.74, 6) is -0.425. The maximum atomic E-state index is 12.4. The molecule has 2 heterocycles. The number of rotatable bonds is 6. The summed E-state index contributed by atoms with van der Waals surface area (Å²) in [6, 6.07) is -0.606. The number of aryl methyl sites for hydroxylation is 2. The van der Waals surface area contributed by atoms with Crippen molar-refractivity contribution in [3.8, 4) is 0 Å². The molecule has 0 unspecified atom stereocenters. The lowest BCUT2D eigenvalue weighted by Crippen LogP contribution is -2.54. The van der Waals surface area contributed by atoms with Crippen LogP contribution in [0, 0.1) is 13.8 Å². The highest BCUT2D eigenvalue weighted by Gasteiger charge is 2.33. The molecule has 9 heteroatoms. The Morgan fingerprint density at radius 3 is 2.78 bits per heavy atom. The predicted molar refractivity (Wildman–Crippen MR) is 82.4 cm³/mol. The molecule has 1 amide bonds. The van der Waals surface area contributed by atoms with Gasteiger partial charge in [-0.1, -0.05) is 18.5 Å². The molecule has 0 aromatic carbocycles. The fourth-order valence-corrected chi connectivity index (χ4v) is 3.96. The van der Waals surface area contributed by atoms with Crippen LogP contribution >= 0.6 is 0 Å². The van der Waals surface area contributed by atoms with E-state index in [9.17, 15) is 13.2 Å². The molecule has 0 bridgehead atoms. The molecule has 0 saturated carbocycles. The molecule has 1 aliphatic heterocycles. The lowest BCUT2D eigenvalue weighted by molar-refractivity contribution is -0.130. The van der Waals surface area contributed by atoms with Gasteiger partial charge in [-0.3, -0.25) is 9.69 Å². The summed E-state index contributed by atoms with van der Waals surface area (Å²) in [6.07, 6.45) is 1.95. The van der Waals surface area contributed by atoms with Crippen molar-refractivity contribution in [3.63, 3.8) is 0 Å². The molecule has 1 aromatic heterocycles. The van der Waals surface area contributed by atoms with Crippen LogP contribution in [0.2, 0.25) is 0 Å². The highest BCUT2D eigenvalue weighted by molar-refractivity contribution is 7.90. The van der Waals surface area contributed by atoms with Gasteiger partial charge >= 0.3 is 0 Å². The number of sulfonamides is 1. The van der Waals surface area contributed by atoms with Crippen LogP contribution in [0.1, 0.15) is 31.2 Å². The molecule has 1 aromatic rings. The topological polar surface area (TPSA) is 102 Å². The predicted octanol–water partition coefficient (Wildman–Crippen LogP) is 0.597. The van der Waals surface area contributed by atoms with E-state index in [2.05, 4.69) is 16.8 Å². The Balaban J connectivity index is 2.13. The molecule has 1 aliphatic rings. The average Bonchev–Trinajstić information content (AvgIpc) is 2.84. The van der Waals surface area contributed by atoms with Crippen LogP contribution in [0.5, 0.6) is 0 Å². The maximum absolute atomic E-state index is 12.4. The zero-order valence-electron chi connectivity index (χ0n) is 13.7. The highest BCUT2D eigenvalue weighted by atomic mass is 32.2. The lowest BCUT2D eigenvalue weighted by atomic mass is 10.2. The van der Waals surface area contributed by atoms with Crippen molar-refractivity contribution in [1.82, 2.24) is 14.8 Å². The molecule has 0 radical (unpaired) electrons. The van der Waals surface area contributed by atoms with Gasteiger partial charge in [-0.25, -0.2) is 13.1 Å². The number of amides is 1. The van der Waals surface area contributed by atoms with Gasteiger partial charge in [0.2, 0.25) is 0 Å². The van der Waals surface area contributed by atoms with Gasteiger partial charge in [-0.15, -0.1) is 0 Å². The zero-order valence-corrected chi connectivity index (χ0v) is 14.5. The smallest absolute Gasteiger partial charge is 0.269 e. The van der Waals surface area contributed by atoms with Crippen molar-refractivity contribution in [2.24, 2.45) is 0 Å². The van der Waals surface area contributed by atoms with E-state index in [1.54, 1.807) is 0 Å². The Bertz CT molecular complexity index is 636. The van der Waals surface area contributed by atoms with Gasteiger partial charge in [-0.2, -0.15) is 0 Å². The number of nitrogens with zero attached hydrogens (tertiary/aromatic N) is 2. The van der Waals surface area contributed by atoms with E-state index in [-0.39, 0.29) is 23.0 Å². The van der Waals surface area contributed by atoms with Crippen molar-refractivity contribution in [1.29, 1.82) is 0 Å². The largest absolute Gasteiger partial charge is 0.378 e. The van der Waals surface area contributed by atoms with E-state index in [4.69, 9.17) is 9.26 Å². The number of aromatic nitrogens is 1. The zero-order chi connectivity index (χ0) is 17.0. The van der Waals surface area contributed by atoms with Gasteiger partial charge in [0.1, 0.15) is 11.7 Å². The normalized spacial score (nSPS) is 19.7. The third-order valence-electron chi connectivity index (χ3n) is 3.81. The number of hydrogen-bond acceptors (Lipinski definition) is 7. The summed E-state index contributed by atoms with van der Waals surface area (Å²) in [6.45, 7) is 7.17. The van der Waals surface area contributed by atoms with Crippen LogP contribution in [0.3, 0.4) is 0 Å². The van der Waals surface area contributed by atoms with Crippen molar-refractivity contribution < 1.29 is 22.5 Å². The molecule has 1 N–H and O–H groups in total. The van der Waals surface area contributed by atoms with Crippen molar-refractivity contribution in [3.05, 3.63) is 11.5 Å². The molecule has 0 aliphatic carbocycles. The van der Waals surface area contributed by atoms with Crippen molar-refractivity contribution in [2.45, 2.75) is 44.6 Å². The average molecular weight is 345 g/mol. The Morgan fingerprint density at radius 1 is 1.43 bits per heavy atom. The lowest BCUT2D eigenvalue weighted by Gasteiger charge is -2.34. The number of unbranched alkanes of at least 4 members (excludes halogenated alkanes) is 1. The summed E-state index contributed by atoms with van der Waals surface area (Å²) < 4.78 is 37.2. The maximum Gasteiger partial charge on any atom is 0.269 e. The van der Waals surface area contributed by atoms with Crippen molar-refractivity contribution in [2.75, 3.05) is 26.3 Å². The third kappa shape index (κ3) is 4.10. The molecule has 23 heavy (non-hydrogen) atoms. The molecule has 2 rings (SSSR count). The molecule has 0 spiro atoms. The van der Waals surface area contributed by atoms with Crippen LogP contribution in [-0.4, -0.2) is 56.7 Å². The first-order chi connectivity index (χ1) is 10.9. The monoisotopic (exact) mass is 345 g/mol. The summed E-state index contributed by atoms with van der Waals surface area (Å²) in [5, 5.41) is 3.62. The number of hydrogen-bond donors (Lipinski definition) is 1. The summed E-state index contributed by atoms with van der Waals surface area (Å²) in [4.78, 5) is 14.3. The summed E-state index contributed by atoms with van der Waals surface area (Å²) in [5.41, 5.74) is 0.227. The second-order valence-electron chi connectivity index (χ2n) is 5.60. The van der Waals surface area contributed by atoms with E-state index in [0.29, 0.717) is 13.2 Å². The number of carbonyl (C=O) groups is 1. The molecular weight excluding hydrogens is 322 g/mol. The minimum atomic E-state index is -4.01. The second-order valence-corrected chi connectivity index (χ2v) is 7.22. The van der Waals surface area contributed by atoms with E-state index in [1.807, 2.05) is 4.90 Å². The summed E-state index contributed by atoms with van der Waals surface area (Å²) >= 11 is 0. The molecule has 130 valence electrons. The standard InChI is InChI=1S/C14H23N3O5S/c1-4-5-6-17-7-8-21-9-12(17)14(18)16-23(19,20)13-10(2)15-22-11(13)3/h12H,4-9H2,1-3H3,(H,16,18)/t12-/m0/s1. The number of ether oxygens (including phenoxy) is 1. The SMILES string of the molecule is CCCCN1CCOC[C@H]1C(=O)NS(=O)(=O)c1c(C)noc1C. The first kappa shape index (κ1) is 17.9. The Kier molecular flexibility index (Phi) is 5.77. The van der Waals surface area contributed by atoms with Gasteiger partial charge in [0.15, 0.2) is 10.7 Å². The first-order valence-electron chi connectivity index (χ1n) is 7.68. The van der Waals surface area contributed by atoms with E-state index in [0.717, 1.165) is 19.4 Å². The van der Waals surface area contributed by atoms with Crippen LogP contribution in [0.4, 0.5) is 0 Å². The Morgan fingerprint density at radius 2 is 2.17 bits per heavy atom. The van der Waals surface area contributed by atoms with E-state index >= 15 is 0 Å². The van der Waals surface area contributed by atoms with Gasteiger partial charge < -0.3 is 9.26 Å². The fourth-order valence-electron chi connectivity index (χ4n) is 2.62. The van der Waals surface area contributed by atoms with Gasteiger partial charge in [0, 0.05) is 6.54 Å². The molecule has 1 atom stereocenters. The van der Waals surface area contributed by atoms with Crippen LogP contribution in [-0.2, 0) is 19.6 Å². The number of carbonyl (C=O) groups excluding carboxylic acids is 1. The van der Waals surface area contributed by atoms with Crippen LogP contribution in [0.15, 0.2) is 9.42 Å². The second kappa shape index (κ2) is 7.41. The number of morpholine rings is 1. The van der Waals surface area contributed by atoms with E-state index < -0.39 is 22.0 Å². The van der Waals surface area contributed by atoms with Crippen LogP contribution < -0.4 is 4.72 Å². The van der Waals surface area contributed by atoms with Gasteiger partial charge in [0.25, 0.3) is 15.9 Å². The quantitative estimate of drug-likeness (QED) is 0.805. The molecule has 1 saturated heterocycles. The number of nitrogens with one attached hydrogen (secondary N) is 1. The first-order valence-corrected chi connectivity index (χ1v) is 9.16.